The van der Waals surface area contributed by atoms with E-state index in [2.05, 4.69) is 4.90 Å². The van der Waals surface area contributed by atoms with Crippen molar-refractivity contribution in [3.63, 3.8) is 0 Å². The van der Waals surface area contributed by atoms with Gasteiger partial charge >= 0.3 is 18.2 Å². The number of esters is 1. The van der Waals surface area contributed by atoms with Crippen LogP contribution in [0.15, 0.2) is 18.2 Å². The Morgan fingerprint density at radius 3 is 1.88 bits per heavy atom. The van der Waals surface area contributed by atoms with Crippen molar-refractivity contribution in [2.24, 2.45) is 0 Å². The number of carbonyl (C=O) groups excluding carboxylic acids is 3. The standard InChI is InChI=1S/C31H52N4O6/c1-12-14-25(26(36)39-29(3,4)5)35-20-19-33(27(37)40-30(6,7)8)17-18-34(28(38)41-31(9,10)11)21-23-15-13-16-24(32-23)22(35)2/h13,15-16,22,25H,12,14,17-21H2,1-11H3. The molecule has 0 radical (unpaired) electrons. The van der Waals surface area contributed by atoms with Crippen molar-refractivity contribution in [1.82, 2.24) is 19.7 Å². The smallest absolute Gasteiger partial charge is 0.410 e. The van der Waals surface area contributed by atoms with Gasteiger partial charge in [0.2, 0.25) is 0 Å². The Morgan fingerprint density at radius 2 is 1.34 bits per heavy atom. The molecule has 10 heteroatoms. The lowest BCUT2D eigenvalue weighted by atomic mass is 10.0. The number of amides is 2. The Hall–Kier alpha value is -2.88. The zero-order chi connectivity index (χ0) is 31.2. The minimum atomic E-state index is -0.693. The van der Waals surface area contributed by atoms with Crippen LogP contribution in [-0.2, 0) is 25.5 Å². The monoisotopic (exact) mass is 576 g/mol. The molecule has 2 amide bonds. The van der Waals surface area contributed by atoms with Gasteiger partial charge in [-0.2, -0.15) is 0 Å². The Morgan fingerprint density at radius 1 is 0.829 bits per heavy atom. The maximum absolute atomic E-state index is 13.5. The fourth-order valence-corrected chi connectivity index (χ4v) is 4.53. The van der Waals surface area contributed by atoms with Gasteiger partial charge in [-0.05, 0) is 87.8 Å². The second-order valence-electron chi connectivity index (χ2n) is 13.7. The molecule has 1 aliphatic rings. The van der Waals surface area contributed by atoms with Gasteiger partial charge in [0, 0.05) is 26.2 Å². The third-order valence-electron chi connectivity index (χ3n) is 6.32. The molecular formula is C31H52N4O6. The van der Waals surface area contributed by atoms with Gasteiger partial charge in [-0.3, -0.25) is 14.7 Å². The molecule has 0 aliphatic carbocycles. The van der Waals surface area contributed by atoms with E-state index in [4.69, 9.17) is 19.2 Å². The number of hydrogen-bond acceptors (Lipinski definition) is 8. The first-order chi connectivity index (χ1) is 18.8. The van der Waals surface area contributed by atoms with Crippen LogP contribution in [0, 0.1) is 0 Å². The van der Waals surface area contributed by atoms with E-state index in [1.165, 1.54) is 0 Å². The highest BCUT2D eigenvalue weighted by Gasteiger charge is 2.35. The highest BCUT2D eigenvalue weighted by atomic mass is 16.6. The van der Waals surface area contributed by atoms with Crippen molar-refractivity contribution in [1.29, 1.82) is 0 Å². The lowest BCUT2D eigenvalue weighted by Crippen LogP contribution is -2.51. The number of fused-ring (bicyclic) bond motifs is 2. The molecule has 1 aromatic heterocycles. The Labute approximate surface area is 246 Å². The van der Waals surface area contributed by atoms with Crippen molar-refractivity contribution in [3.8, 4) is 0 Å². The van der Waals surface area contributed by atoms with Gasteiger partial charge in [0.15, 0.2) is 0 Å². The van der Waals surface area contributed by atoms with Crippen molar-refractivity contribution >= 4 is 18.2 Å². The quantitative estimate of drug-likeness (QED) is 0.321. The van der Waals surface area contributed by atoms with Gasteiger partial charge in [0.05, 0.1) is 24.0 Å². The van der Waals surface area contributed by atoms with Crippen LogP contribution in [0.5, 0.6) is 0 Å². The Bertz CT molecular complexity index is 1040. The van der Waals surface area contributed by atoms with E-state index < -0.39 is 35.0 Å². The summed E-state index contributed by atoms with van der Waals surface area (Å²) < 4.78 is 17.2. The second kappa shape index (κ2) is 13.9. The molecule has 0 saturated heterocycles. The average molecular weight is 577 g/mol. The van der Waals surface area contributed by atoms with Crippen molar-refractivity contribution in [2.75, 3.05) is 26.2 Å². The summed E-state index contributed by atoms with van der Waals surface area (Å²) >= 11 is 0. The molecule has 0 fully saturated rings. The third kappa shape index (κ3) is 11.5. The van der Waals surface area contributed by atoms with Crippen LogP contribution in [0.25, 0.3) is 0 Å². The lowest BCUT2D eigenvalue weighted by Gasteiger charge is -2.38. The highest BCUT2D eigenvalue weighted by molar-refractivity contribution is 5.76. The van der Waals surface area contributed by atoms with Crippen LogP contribution >= 0.6 is 0 Å². The summed E-state index contributed by atoms with van der Waals surface area (Å²) in [5.41, 5.74) is -0.549. The zero-order valence-electron chi connectivity index (χ0n) is 27.1. The zero-order valence-corrected chi connectivity index (χ0v) is 27.1. The number of hydrogen-bond donors (Lipinski definition) is 0. The predicted molar refractivity (Wildman–Crippen MR) is 158 cm³/mol. The molecular weight excluding hydrogens is 524 g/mol. The molecule has 41 heavy (non-hydrogen) atoms. The predicted octanol–water partition coefficient (Wildman–Crippen LogP) is 5.94. The van der Waals surface area contributed by atoms with E-state index in [-0.39, 0.29) is 38.2 Å². The normalized spacial score (nSPS) is 18.6. The summed E-state index contributed by atoms with van der Waals surface area (Å²) in [6.45, 7) is 21.9. The molecule has 0 N–H and O–H groups in total. The number of carbonyl (C=O) groups is 3. The highest BCUT2D eigenvalue weighted by Crippen LogP contribution is 2.26. The number of ether oxygens (including phenoxy) is 3. The van der Waals surface area contributed by atoms with Gasteiger partial charge in [-0.25, -0.2) is 9.59 Å². The maximum Gasteiger partial charge on any atom is 0.410 e. The average Bonchev–Trinajstić information content (AvgIpc) is 2.80. The Kier molecular flexibility index (Phi) is 11.6. The number of pyridine rings is 1. The number of nitrogens with zero attached hydrogens (tertiary/aromatic N) is 4. The minimum absolute atomic E-state index is 0.210. The summed E-state index contributed by atoms with van der Waals surface area (Å²) in [6, 6.07) is 4.91. The second-order valence-corrected chi connectivity index (χ2v) is 13.7. The van der Waals surface area contributed by atoms with Crippen LogP contribution in [0.1, 0.15) is 106 Å². The van der Waals surface area contributed by atoms with Gasteiger partial charge in [0.25, 0.3) is 0 Å². The molecule has 2 bridgehead atoms. The summed E-state index contributed by atoms with van der Waals surface area (Å²) in [5.74, 6) is -0.297. The molecule has 2 atom stereocenters. The molecule has 2 unspecified atom stereocenters. The topological polar surface area (TPSA) is 102 Å². The number of aromatic nitrogens is 1. The van der Waals surface area contributed by atoms with Gasteiger partial charge in [-0.1, -0.05) is 19.4 Å². The molecule has 232 valence electrons. The molecule has 2 rings (SSSR count). The largest absolute Gasteiger partial charge is 0.459 e. The summed E-state index contributed by atoms with van der Waals surface area (Å²) in [7, 11) is 0. The fourth-order valence-electron chi connectivity index (χ4n) is 4.53. The molecule has 0 aromatic carbocycles. The first-order valence-electron chi connectivity index (χ1n) is 14.7. The Balaban J connectivity index is 2.56. The van der Waals surface area contributed by atoms with Gasteiger partial charge in [-0.15, -0.1) is 0 Å². The van der Waals surface area contributed by atoms with E-state index in [0.717, 1.165) is 12.1 Å². The van der Waals surface area contributed by atoms with Crippen molar-refractivity contribution < 1.29 is 28.6 Å². The van der Waals surface area contributed by atoms with Gasteiger partial charge in [0.1, 0.15) is 22.8 Å². The van der Waals surface area contributed by atoms with Crippen molar-refractivity contribution in [3.05, 3.63) is 29.6 Å². The lowest BCUT2D eigenvalue weighted by molar-refractivity contribution is -0.163. The van der Waals surface area contributed by atoms with E-state index in [0.29, 0.717) is 18.7 Å². The molecule has 0 saturated carbocycles. The molecule has 0 spiro atoms. The summed E-state index contributed by atoms with van der Waals surface area (Å²) in [5, 5.41) is 0. The first-order valence-corrected chi connectivity index (χ1v) is 14.7. The first kappa shape index (κ1) is 34.3. The summed E-state index contributed by atoms with van der Waals surface area (Å²) in [6.07, 6.45) is 0.416. The molecule has 1 aromatic rings. The SMILES string of the molecule is CCCC(C(=O)OC(C)(C)C)N1CCN(C(=O)OC(C)(C)C)CCN(C(=O)OC(C)(C)C)Cc2cccc(n2)C1C. The molecule has 10 nitrogen and oxygen atoms in total. The van der Waals surface area contributed by atoms with Crippen LogP contribution in [-0.4, -0.2) is 86.9 Å². The van der Waals surface area contributed by atoms with E-state index >= 15 is 0 Å². The summed E-state index contributed by atoms with van der Waals surface area (Å²) in [4.78, 5) is 50.2. The van der Waals surface area contributed by atoms with Gasteiger partial charge < -0.3 is 24.0 Å². The van der Waals surface area contributed by atoms with E-state index in [9.17, 15) is 14.4 Å². The maximum atomic E-state index is 13.5. The van der Waals surface area contributed by atoms with Crippen LogP contribution in [0.3, 0.4) is 0 Å². The molecule has 1 aliphatic heterocycles. The molecule has 2 heterocycles. The van der Waals surface area contributed by atoms with Crippen LogP contribution < -0.4 is 0 Å². The third-order valence-corrected chi connectivity index (χ3v) is 6.32. The van der Waals surface area contributed by atoms with E-state index in [1.54, 1.807) is 9.80 Å². The van der Waals surface area contributed by atoms with Crippen LogP contribution in [0.4, 0.5) is 9.59 Å². The van der Waals surface area contributed by atoms with Crippen LogP contribution in [0.2, 0.25) is 0 Å². The van der Waals surface area contributed by atoms with E-state index in [1.807, 2.05) is 94.4 Å². The number of rotatable bonds is 4. The van der Waals surface area contributed by atoms with Crippen molar-refractivity contribution in [2.45, 2.75) is 124 Å². The minimum Gasteiger partial charge on any atom is -0.459 e. The fraction of sp³-hybridized carbons (Fsp3) is 0.742.